The number of carbonyl (C=O) groups is 1. The minimum Gasteiger partial charge on any atom is -0.333 e. The van der Waals surface area contributed by atoms with Gasteiger partial charge in [-0.25, -0.2) is 9.97 Å². The number of thiophene rings is 1. The van der Waals surface area contributed by atoms with Crippen molar-refractivity contribution in [2.24, 2.45) is 0 Å². The highest BCUT2D eigenvalue weighted by Crippen LogP contribution is 2.32. The van der Waals surface area contributed by atoms with Crippen LogP contribution < -0.4 is 0 Å². The summed E-state index contributed by atoms with van der Waals surface area (Å²) in [5, 5.41) is 2.63. The Kier molecular flexibility index (Phi) is 6.22. The van der Waals surface area contributed by atoms with E-state index in [0.29, 0.717) is 13.1 Å². The summed E-state index contributed by atoms with van der Waals surface area (Å²) >= 11 is 3.11. The second-order valence-corrected chi connectivity index (χ2v) is 8.98. The fourth-order valence-corrected chi connectivity index (χ4v) is 5.07. The smallest absolute Gasteiger partial charge is 0.236 e. The third kappa shape index (κ3) is 4.83. The molecule has 0 spiro atoms. The minimum absolute atomic E-state index is 0.103. The van der Waals surface area contributed by atoms with Crippen LogP contribution in [0.4, 0.5) is 0 Å². The lowest BCUT2D eigenvalue weighted by Crippen LogP contribution is -2.35. The topological polar surface area (TPSA) is 46.1 Å². The van der Waals surface area contributed by atoms with E-state index in [9.17, 15) is 4.79 Å². The van der Waals surface area contributed by atoms with Crippen LogP contribution in [-0.4, -0.2) is 26.0 Å². The van der Waals surface area contributed by atoms with Gasteiger partial charge in [-0.2, -0.15) is 0 Å². The first kappa shape index (κ1) is 19.6. The van der Waals surface area contributed by atoms with Crippen LogP contribution >= 0.6 is 23.1 Å². The van der Waals surface area contributed by atoms with Crippen molar-refractivity contribution < 1.29 is 4.79 Å². The highest BCUT2D eigenvalue weighted by atomic mass is 32.2. The van der Waals surface area contributed by atoms with Crippen LogP contribution in [0.25, 0.3) is 10.2 Å². The molecule has 2 aromatic carbocycles. The Hall–Kier alpha value is -2.70. The Bertz CT molecular complexity index is 1040. The molecule has 0 aliphatic carbocycles. The second-order valence-electron chi connectivity index (χ2n) is 6.74. The van der Waals surface area contributed by atoms with Gasteiger partial charge in [0, 0.05) is 13.1 Å². The molecule has 4 aromatic rings. The Labute approximate surface area is 178 Å². The molecule has 0 saturated carbocycles. The zero-order chi connectivity index (χ0) is 20.1. The molecule has 0 aliphatic heterocycles. The average Bonchev–Trinajstić information content (AvgIpc) is 3.24. The SMILES string of the molecule is CC(Sc1ncnc2ccsc12)C(=O)N(Cc1ccccc1)Cc1ccccc1. The zero-order valence-corrected chi connectivity index (χ0v) is 17.7. The predicted molar refractivity (Wildman–Crippen MR) is 120 cm³/mol. The van der Waals surface area contributed by atoms with Gasteiger partial charge in [0.15, 0.2) is 0 Å². The van der Waals surface area contributed by atoms with Gasteiger partial charge in [-0.15, -0.1) is 11.3 Å². The number of benzene rings is 2. The summed E-state index contributed by atoms with van der Waals surface area (Å²) in [6, 6.07) is 22.2. The van der Waals surface area contributed by atoms with Gasteiger partial charge in [0.05, 0.1) is 15.5 Å². The van der Waals surface area contributed by atoms with E-state index in [0.717, 1.165) is 26.4 Å². The maximum atomic E-state index is 13.4. The Morgan fingerprint density at radius 2 is 1.59 bits per heavy atom. The Morgan fingerprint density at radius 3 is 2.21 bits per heavy atom. The Balaban J connectivity index is 1.55. The summed E-state index contributed by atoms with van der Waals surface area (Å²) in [5.41, 5.74) is 3.17. The van der Waals surface area contributed by atoms with Gasteiger partial charge in [0.25, 0.3) is 0 Å². The number of hydrogen-bond acceptors (Lipinski definition) is 5. The van der Waals surface area contributed by atoms with Gasteiger partial charge in [0.2, 0.25) is 5.91 Å². The van der Waals surface area contributed by atoms with E-state index >= 15 is 0 Å². The van der Waals surface area contributed by atoms with Crippen molar-refractivity contribution in [3.8, 4) is 0 Å². The summed E-state index contributed by atoms with van der Waals surface area (Å²) in [4.78, 5) is 24.0. The van der Waals surface area contributed by atoms with Crippen LogP contribution in [0.5, 0.6) is 0 Å². The van der Waals surface area contributed by atoms with Gasteiger partial charge in [0.1, 0.15) is 11.4 Å². The molecular formula is C23H21N3OS2. The lowest BCUT2D eigenvalue weighted by atomic mass is 10.1. The van der Waals surface area contributed by atoms with E-state index in [1.165, 1.54) is 11.8 Å². The van der Waals surface area contributed by atoms with E-state index in [-0.39, 0.29) is 11.2 Å². The minimum atomic E-state index is -0.248. The summed E-state index contributed by atoms with van der Waals surface area (Å²) in [6.45, 7) is 3.12. The first-order valence-corrected chi connectivity index (χ1v) is 11.2. The molecule has 0 aliphatic rings. The molecule has 0 saturated heterocycles. The maximum Gasteiger partial charge on any atom is 0.236 e. The fourth-order valence-electron chi connectivity index (χ4n) is 3.14. The highest BCUT2D eigenvalue weighted by Gasteiger charge is 2.23. The number of thioether (sulfide) groups is 1. The molecule has 4 rings (SSSR count). The molecule has 0 fully saturated rings. The Morgan fingerprint density at radius 1 is 0.966 bits per heavy atom. The number of rotatable bonds is 7. The van der Waals surface area contributed by atoms with Crippen LogP contribution in [0.2, 0.25) is 0 Å². The lowest BCUT2D eigenvalue weighted by molar-refractivity contribution is -0.131. The van der Waals surface area contributed by atoms with E-state index in [1.54, 1.807) is 17.7 Å². The van der Waals surface area contributed by atoms with Crippen LogP contribution in [0.15, 0.2) is 83.5 Å². The number of nitrogens with zero attached hydrogens (tertiary/aromatic N) is 3. The lowest BCUT2D eigenvalue weighted by Gasteiger charge is -2.26. The van der Waals surface area contributed by atoms with E-state index < -0.39 is 0 Å². The zero-order valence-electron chi connectivity index (χ0n) is 16.1. The molecular weight excluding hydrogens is 398 g/mol. The maximum absolute atomic E-state index is 13.4. The number of amides is 1. The normalized spacial score (nSPS) is 12.0. The van der Waals surface area contributed by atoms with Crippen molar-refractivity contribution in [3.63, 3.8) is 0 Å². The molecule has 6 heteroatoms. The molecule has 0 bridgehead atoms. The van der Waals surface area contributed by atoms with Crippen molar-refractivity contribution >= 4 is 39.2 Å². The molecule has 1 atom stereocenters. The highest BCUT2D eigenvalue weighted by molar-refractivity contribution is 8.00. The molecule has 2 aromatic heterocycles. The molecule has 4 nitrogen and oxygen atoms in total. The van der Waals surface area contributed by atoms with Crippen molar-refractivity contribution in [2.45, 2.75) is 30.3 Å². The molecule has 146 valence electrons. The quantitative estimate of drug-likeness (QED) is 0.297. The number of hydrogen-bond donors (Lipinski definition) is 0. The van der Waals surface area contributed by atoms with E-state index in [4.69, 9.17) is 0 Å². The van der Waals surface area contributed by atoms with Crippen molar-refractivity contribution in [1.82, 2.24) is 14.9 Å². The van der Waals surface area contributed by atoms with Gasteiger partial charge in [-0.3, -0.25) is 4.79 Å². The summed E-state index contributed by atoms with van der Waals surface area (Å²) in [7, 11) is 0. The predicted octanol–water partition coefficient (Wildman–Crippen LogP) is 5.40. The van der Waals surface area contributed by atoms with Crippen LogP contribution in [0.3, 0.4) is 0 Å². The first-order chi connectivity index (χ1) is 14.2. The van der Waals surface area contributed by atoms with Crippen molar-refractivity contribution in [1.29, 1.82) is 0 Å². The molecule has 29 heavy (non-hydrogen) atoms. The van der Waals surface area contributed by atoms with Gasteiger partial charge in [-0.05, 0) is 29.5 Å². The van der Waals surface area contributed by atoms with Crippen molar-refractivity contribution in [3.05, 3.63) is 89.6 Å². The number of fused-ring (bicyclic) bond motifs is 1. The van der Waals surface area contributed by atoms with Crippen molar-refractivity contribution in [2.75, 3.05) is 0 Å². The second kappa shape index (κ2) is 9.20. The third-order valence-corrected chi connectivity index (χ3v) is 6.72. The molecule has 1 unspecified atom stereocenters. The fraction of sp³-hybridized carbons (Fsp3) is 0.174. The van der Waals surface area contributed by atoms with Crippen LogP contribution in [0.1, 0.15) is 18.1 Å². The molecule has 0 N–H and O–H groups in total. The van der Waals surface area contributed by atoms with Gasteiger partial charge >= 0.3 is 0 Å². The largest absolute Gasteiger partial charge is 0.333 e. The molecule has 2 heterocycles. The summed E-state index contributed by atoms with van der Waals surface area (Å²) in [6.07, 6.45) is 1.57. The number of carbonyl (C=O) groups excluding carboxylic acids is 1. The third-order valence-electron chi connectivity index (χ3n) is 4.59. The number of aromatic nitrogens is 2. The standard InChI is InChI=1S/C23H21N3OS2/c1-17(29-22-21-20(12-13-28-21)24-16-25-22)23(27)26(14-18-8-4-2-5-9-18)15-19-10-6-3-7-11-19/h2-13,16-17H,14-15H2,1H3. The van der Waals surface area contributed by atoms with Gasteiger partial charge < -0.3 is 4.90 Å². The van der Waals surface area contributed by atoms with Crippen LogP contribution in [-0.2, 0) is 17.9 Å². The first-order valence-electron chi connectivity index (χ1n) is 9.42. The molecule has 1 amide bonds. The molecule has 0 radical (unpaired) electrons. The van der Waals surface area contributed by atoms with E-state index in [1.807, 2.05) is 59.7 Å². The monoisotopic (exact) mass is 419 g/mol. The van der Waals surface area contributed by atoms with Gasteiger partial charge in [-0.1, -0.05) is 72.4 Å². The summed E-state index contributed by atoms with van der Waals surface area (Å²) in [5.74, 6) is 0.103. The van der Waals surface area contributed by atoms with E-state index in [2.05, 4.69) is 34.2 Å². The summed E-state index contributed by atoms with van der Waals surface area (Å²) < 4.78 is 1.04. The average molecular weight is 420 g/mol. The van der Waals surface area contributed by atoms with Crippen LogP contribution in [0, 0.1) is 0 Å².